The number of aromatic carboxylic acids is 1. The molecule has 4 aromatic heterocycles. The van der Waals surface area contributed by atoms with E-state index in [4.69, 9.17) is 9.72 Å². The maximum atomic E-state index is 14.1. The van der Waals surface area contributed by atoms with Gasteiger partial charge in [-0.05, 0) is 37.5 Å². The van der Waals surface area contributed by atoms with Crippen LogP contribution in [0.25, 0.3) is 16.9 Å². The fourth-order valence-corrected chi connectivity index (χ4v) is 4.95. The highest BCUT2D eigenvalue weighted by atomic mass is 19.1. The van der Waals surface area contributed by atoms with Crippen LogP contribution in [0.1, 0.15) is 35.2 Å². The summed E-state index contributed by atoms with van der Waals surface area (Å²) >= 11 is 0. The molecule has 0 unspecified atom stereocenters. The first-order valence-corrected chi connectivity index (χ1v) is 12.8. The standard InChI is InChI=1S/C27H23FN8O4/c28-20-5-1-6-30-26(20)40-15-17-4-2-9-35(17)24-16(11-29)10-18-23(37)19(27(38)39)14-36(25(18)33-24)22-13-31-21(12-32-22)34-7-3-8-34/h1,5-6,10,12-14,17H,2-4,7-9,15H2,(H,38,39)/t17-/m1/s1. The van der Waals surface area contributed by atoms with Gasteiger partial charge in [-0.15, -0.1) is 0 Å². The zero-order chi connectivity index (χ0) is 27.8. The molecule has 4 aromatic rings. The number of nitrogens with zero attached hydrogens (tertiary/aromatic N) is 8. The number of hydrogen-bond acceptors (Lipinski definition) is 10. The van der Waals surface area contributed by atoms with E-state index in [9.17, 15) is 24.3 Å². The molecule has 6 rings (SSSR count). The van der Waals surface area contributed by atoms with Crippen molar-refractivity contribution in [2.45, 2.75) is 25.3 Å². The lowest BCUT2D eigenvalue weighted by atomic mass is 10.1. The van der Waals surface area contributed by atoms with Crippen molar-refractivity contribution < 1.29 is 19.0 Å². The normalized spacial score (nSPS) is 16.6. The summed E-state index contributed by atoms with van der Waals surface area (Å²) in [5, 5.41) is 19.7. The summed E-state index contributed by atoms with van der Waals surface area (Å²) in [5.41, 5.74) is -0.998. The molecular formula is C27H23FN8O4. The Morgan fingerprint density at radius 2 is 1.98 bits per heavy atom. The average molecular weight is 543 g/mol. The van der Waals surface area contributed by atoms with Crippen molar-refractivity contribution >= 4 is 28.6 Å². The summed E-state index contributed by atoms with van der Waals surface area (Å²) in [6.07, 6.45) is 8.25. The maximum absolute atomic E-state index is 14.1. The van der Waals surface area contributed by atoms with Crippen molar-refractivity contribution in [3.63, 3.8) is 0 Å². The SMILES string of the molecule is N#Cc1cc2c(=O)c(C(=O)O)cn(-c3cnc(N4CCC4)cn3)c2nc1N1CCC[C@@H]1COc1ncccc1F. The Labute approximate surface area is 226 Å². The van der Waals surface area contributed by atoms with E-state index in [1.54, 1.807) is 6.20 Å². The van der Waals surface area contributed by atoms with Crippen LogP contribution >= 0.6 is 0 Å². The molecule has 202 valence electrons. The minimum absolute atomic E-state index is 0.0311. The number of carbonyl (C=O) groups is 1. The maximum Gasteiger partial charge on any atom is 0.341 e. The van der Waals surface area contributed by atoms with Gasteiger partial charge in [-0.25, -0.2) is 29.1 Å². The highest BCUT2D eigenvalue weighted by Gasteiger charge is 2.30. The van der Waals surface area contributed by atoms with Gasteiger partial charge in [0, 0.05) is 32.0 Å². The molecule has 0 amide bonds. The Hall–Kier alpha value is -5.12. The summed E-state index contributed by atoms with van der Waals surface area (Å²) < 4.78 is 21.1. The number of anilines is 2. The Morgan fingerprint density at radius 1 is 1.18 bits per heavy atom. The first kappa shape index (κ1) is 25.2. The zero-order valence-electron chi connectivity index (χ0n) is 21.2. The van der Waals surface area contributed by atoms with Gasteiger partial charge in [0.2, 0.25) is 11.3 Å². The molecule has 2 saturated heterocycles. The van der Waals surface area contributed by atoms with Gasteiger partial charge in [0.25, 0.3) is 0 Å². The molecule has 0 radical (unpaired) electrons. The predicted octanol–water partition coefficient (Wildman–Crippen LogP) is 2.54. The molecule has 13 heteroatoms. The van der Waals surface area contributed by atoms with E-state index in [1.165, 1.54) is 41.4 Å². The molecule has 2 aliphatic heterocycles. The van der Waals surface area contributed by atoms with Gasteiger partial charge in [0.15, 0.2) is 17.3 Å². The molecule has 0 bridgehead atoms. The molecular weight excluding hydrogens is 519 g/mol. The molecule has 12 nitrogen and oxygen atoms in total. The lowest BCUT2D eigenvalue weighted by molar-refractivity contribution is 0.0695. The van der Waals surface area contributed by atoms with E-state index in [0.29, 0.717) is 24.6 Å². The fraction of sp³-hybridized carbons (Fsp3) is 0.296. The van der Waals surface area contributed by atoms with E-state index in [0.717, 1.165) is 25.9 Å². The van der Waals surface area contributed by atoms with Crippen LogP contribution in [0.4, 0.5) is 16.0 Å². The molecule has 0 aliphatic carbocycles. The van der Waals surface area contributed by atoms with Crippen LogP contribution in [0.2, 0.25) is 0 Å². The number of carboxylic acids is 1. The molecule has 0 saturated carbocycles. The van der Waals surface area contributed by atoms with Crippen LogP contribution in [0.3, 0.4) is 0 Å². The zero-order valence-corrected chi connectivity index (χ0v) is 21.2. The third-order valence-electron chi connectivity index (χ3n) is 7.15. The quantitative estimate of drug-likeness (QED) is 0.367. The molecule has 40 heavy (non-hydrogen) atoms. The van der Waals surface area contributed by atoms with E-state index in [-0.39, 0.29) is 40.9 Å². The second-order valence-corrected chi connectivity index (χ2v) is 9.55. The summed E-state index contributed by atoms with van der Waals surface area (Å²) in [6.45, 7) is 2.42. The van der Waals surface area contributed by atoms with Gasteiger partial charge in [-0.1, -0.05) is 0 Å². The molecule has 0 aromatic carbocycles. The second-order valence-electron chi connectivity index (χ2n) is 9.55. The number of hydrogen-bond donors (Lipinski definition) is 1. The minimum Gasteiger partial charge on any atom is -0.477 e. The van der Waals surface area contributed by atoms with E-state index in [2.05, 4.69) is 25.9 Å². The molecule has 1 atom stereocenters. The van der Waals surface area contributed by atoms with Crippen LogP contribution in [0, 0.1) is 17.1 Å². The van der Waals surface area contributed by atoms with Gasteiger partial charge in [0.1, 0.15) is 29.9 Å². The van der Waals surface area contributed by atoms with Crippen LogP contribution in [-0.2, 0) is 0 Å². The smallest absolute Gasteiger partial charge is 0.341 e. The number of pyridine rings is 3. The highest BCUT2D eigenvalue weighted by Crippen LogP contribution is 2.30. The lowest BCUT2D eigenvalue weighted by Gasteiger charge is -2.31. The third-order valence-corrected chi connectivity index (χ3v) is 7.15. The van der Waals surface area contributed by atoms with Gasteiger partial charge in [0.05, 0.1) is 29.4 Å². The van der Waals surface area contributed by atoms with E-state index >= 15 is 0 Å². The number of aromatic nitrogens is 5. The van der Waals surface area contributed by atoms with Crippen molar-refractivity contribution in [3.8, 4) is 17.8 Å². The molecule has 0 spiro atoms. The minimum atomic E-state index is -1.41. The van der Waals surface area contributed by atoms with Crippen molar-refractivity contribution in [3.05, 3.63) is 70.2 Å². The van der Waals surface area contributed by atoms with Gasteiger partial charge in [-0.3, -0.25) is 9.36 Å². The lowest BCUT2D eigenvalue weighted by Crippen LogP contribution is -2.37. The number of ether oxygens (including phenoxy) is 1. The second kappa shape index (κ2) is 10.2. The first-order valence-electron chi connectivity index (χ1n) is 12.8. The Balaban J connectivity index is 1.44. The van der Waals surface area contributed by atoms with Crippen LogP contribution < -0.4 is 20.0 Å². The van der Waals surface area contributed by atoms with Gasteiger partial charge < -0.3 is 19.6 Å². The highest BCUT2D eigenvalue weighted by molar-refractivity contribution is 5.93. The molecule has 2 aliphatic rings. The topological polar surface area (TPSA) is 150 Å². The predicted molar refractivity (Wildman–Crippen MR) is 141 cm³/mol. The molecule has 1 N–H and O–H groups in total. The number of fused-ring (bicyclic) bond motifs is 1. The number of carboxylic acid groups (broad SMARTS) is 1. The summed E-state index contributed by atoms with van der Waals surface area (Å²) in [5.74, 6) is -0.823. The molecule has 2 fully saturated rings. The molecule has 6 heterocycles. The monoisotopic (exact) mass is 542 g/mol. The Kier molecular flexibility index (Phi) is 6.43. The number of rotatable bonds is 7. The summed E-state index contributed by atoms with van der Waals surface area (Å²) in [7, 11) is 0. The summed E-state index contributed by atoms with van der Waals surface area (Å²) in [6, 6.07) is 5.94. The van der Waals surface area contributed by atoms with Crippen LogP contribution in [0.5, 0.6) is 5.88 Å². The average Bonchev–Trinajstić information content (AvgIpc) is 3.40. The van der Waals surface area contributed by atoms with Crippen molar-refractivity contribution in [1.82, 2.24) is 24.5 Å². The van der Waals surface area contributed by atoms with Gasteiger partial charge >= 0.3 is 5.97 Å². The first-order chi connectivity index (χ1) is 19.4. The van der Waals surface area contributed by atoms with Crippen molar-refractivity contribution in [2.24, 2.45) is 0 Å². The van der Waals surface area contributed by atoms with E-state index < -0.39 is 22.8 Å². The third kappa shape index (κ3) is 4.43. The fourth-order valence-electron chi connectivity index (χ4n) is 4.95. The van der Waals surface area contributed by atoms with Crippen molar-refractivity contribution in [1.29, 1.82) is 5.26 Å². The summed E-state index contributed by atoms with van der Waals surface area (Å²) in [4.78, 5) is 46.6. The largest absolute Gasteiger partial charge is 0.477 e. The number of nitriles is 1. The van der Waals surface area contributed by atoms with Crippen LogP contribution in [-0.4, -0.2) is 67.9 Å². The number of halogens is 1. The Bertz CT molecular complexity index is 1720. The van der Waals surface area contributed by atoms with Crippen molar-refractivity contribution in [2.75, 3.05) is 36.0 Å². The Morgan fingerprint density at radius 3 is 2.65 bits per heavy atom. The van der Waals surface area contributed by atoms with Crippen LogP contribution in [0.15, 0.2) is 47.8 Å². The van der Waals surface area contributed by atoms with Gasteiger partial charge in [-0.2, -0.15) is 5.26 Å². The van der Waals surface area contributed by atoms with E-state index in [1.807, 2.05) is 4.90 Å².